The van der Waals surface area contributed by atoms with E-state index in [4.69, 9.17) is 13.6 Å². The van der Waals surface area contributed by atoms with Gasteiger partial charge in [0, 0.05) is 35.3 Å². The first-order valence-corrected chi connectivity index (χ1v) is 17.8. The number of Topliss-reactive ketones (excluding diaryl/α,β-unsaturated/α-hetero) is 1. The zero-order valence-corrected chi connectivity index (χ0v) is 29.4. The van der Waals surface area contributed by atoms with Crippen LogP contribution in [0, 0.1) is 12.8 Å². The molecule has 2 aromatic heterocycles. The van der Waals surface area contributed by atoms with Crippen LogP contribution in [0.5, 0.6) is 5.75 Å². The van der Waals surface area contributed by atoms with E-state index in [9.17, 15) is 4.79 Å². The molecule has 0 aliphatic heterocycles. The lowest BCUT2D eigenvalue weighted by molar-refractivity contribution is -0.119. The Morgan fingerprint density at radius 1 is 0.740 bits per heavy atom. The molecule has 5 aromatic rings. The van der Waals surface area contributed by atoms with Crippen LogP contribution < -0.4 is 4.74 Å². The van der Waals surface area contributed by atoms with Gasteiger partial charge in [0.2, 0.25) is 11.8 Å². The molecule has 0 bridgehead atoms. The number of rotatable bonds is 18. The number of hydrogen-bond donors (Lipinski definition) is 0. The SMILES string of the molecule is C=CC(C=C)CC(=O)CCCCCCCOc1ccc(-c2nnc(-c3nnc(-c4ccc5c(c4)C(CC)(CC)c4cc(C)ccc4-5)o3)o2)cc1. The molecule has 2 heterocycles. The summed E-state index contributed by atoms with van der Waals surface area (Å²) in [5.74, 6) is 2.26. The zero-order chi connectivity index (χ0) is 35.1. The summed E-state index contributed by atoms with van der Waals surface area (Å²) in [6, 6.07) is 20.8. The van der Waals surface area contributed by atoms with Gasteiger partial charge in [-0.2, -0.15) is 0 Å². The molecule has 0 N–H and O–H groups in total. The number of aryl methyl sites for hydroxylation is 1. The predicted molar refractivity (Wildman–Crippen MR) is 197 cm³/mol. The first-order valence-electron chi connectivity index (χ1n) is 17.8. The molecule has 6 rings (SSSR count). The van der Waals surface area contributed by atoms with Crippen LogP contribution in [0.1, 0.15) is 88.3 Å². The molecule has 0 unspecified atom stereocenters. The van der Waals surface area contributed by atoms with Crippen LogP contribution in [-0.2, 0) is 10.2 Å². The van der Waals surface area contributed by atoms with Gasteiger partial charge in [0.25, 0.3) is 0 Å². The average Bonchev–Trinajstić information content (AvgIpc) is 3.89. The molecule has 0 saturated heterocycles. The Labute approximate surface area is 294 Å². The van der Waals surface area contributed by atoms with E-state index in [1.807, 2.05) is 30.3 Å². The minimum absolute atomic E-state index is 0.0529. The maximum Gasteiger partial charge on any atom is 0.306 e. The number of carbonyl (C=O) groups is 1. The third-order valence-electron chi connectivity index (χ3n) is 10.0. The minimum atomic E-state index is -0.0529. The van der Waals surface area contributed by atoms with Crippen LogP contribution in [0.4, 0.5) is 0 Å². The fraction of sp³-hybridized carbons (Fsp3) is 0.357. The van der Waals surface area contributed by atoms with Crippen molar-refractivity contribution in [1.82, 2.24) is 20.4 Å². The summed E-state index contributed by atoms with van der Waals surface area (Å²) < 4.78 is 18.0. The summed E-state index contributed by atoms with van der Waals surface area (Å²) in [6.45, 7) is 14.8. The van der Waals surface area contributed by atoms with Crippen molar-refractivity contribution in [2.45, 2.75) is 84.0 Å². The van der Waals surface area contributed by atoms with Crippen molar-refractivity contribution in [1.29, 1.82) is 0 Å². The zero-order valence-electron chi connectivity index (χ0n) is 29.4. The van der Waals surface area contributed by atoms with Crippen LogP contribution in [0.2, 0.25) is 0 Å². The molecule has 258 valence electrons. The lowest BCUT2D eigenvalue weighted by Gasteiger charge is -2.30. The summed E-state index contributed by atoms with van der Waals surface area (Å²) in [5.41, 5.74) is 8.12. The van der Waals surface area contributed by atoms with E-state index in [2.05, 4.69) is 84.7 Å². The maximum absolute atomic E-state index is 12.1. The fourth-order valence-electron chi connectivity index (χ4n) is 7.07. The van der Waals surface area contributed by atoms with Crippen molar-refractivity contribution in [3.05, 3.63) is 103 Å². The number of hydrogen-bond acceptors (Lipinski definition) is 8. The van der Waals surface area contributed by atoms with Crippen LogP contribution in [0.25, 0.3) is 45.8 Å². The van der Waals surface area contributed by atoms with Gasteiger partial charge in [-0.3, -0.25) is 4.79 Å². The van der Waals surface area contributed by atoms with E-state index in [1.165, 1.54) is 27.8 Å². The van der Waals surface area contributed by atoms with Crippen LogP contribution in [0.3, 0.4) is 0 Å². The third-order valence-corrected chi connectivity index (χ3v) is 10.0. The smallest absolute Gasteiger partial charge is 0.306 e. The summed E-state index contributed by atoms with van der Waals surface area (Å²) in [6.07, 6.45) is 11.8. The molecule has 0 atom stereocenters. The van der Waals surface area contributed by atoms with Gasteiger partial charge in [0.05, 0.1) is 6.61 Å². The molecule has 0 radical (unpaired) electrons. The Kier molecular flexibility index (Phi) is 10.9. The minimum Gasteiger partial charge on any atom is -0.494 e. The second-order valence-electron chi connectivity index (χ2n) is 13.2. The van der Waals surface area contributed by atoms with Gasteiger partial charge in [-0.05, 0) is 91.3 Å². The van der Waals surface area contributed by atoms with E-state index in [-0.39, 0.29) is 28.9 Å². The molecule has 0 saturated carbocycles. The number of ether oxygens (including phenoxy) is 1. The van der Waals surface area contributed by atoms with E-state index >= 15 is 0 Å². The summed E-state index contributed by atoms with van der Waals surface area (Å²) in [4.78, 5) is 12.1. The van der Waals surface area contributed by atoms with Gasteiger partial charge in [0.15, 0.2) is 0 Å². The van der Waals surface area contributed by atoms with Crippen molar-refractivity contribution in [2.24, 2.45) is 5.92 Å². The van der Waals surface area contributed by atoms with Crippen molar-refractivity contribution in [3.8, 4) is 51.6 Å². The number of nitrogens with zero attached hydrogens (tertiary/aromatic N) is 4. The standard InChI is InChI=1S/C42H46N4O4/c1-6-29(7-2)26-32(47)15-13-11-10-12-14-24-48-33-20-17-30(18-21-33)38-43-45-40(49-38)41-46-44-39(50-41)31-19-23-35-34-22-16-28(5)25-36(34)42(8-3,9-4)37(35)27-31/h6-7,16-23,25,27,29H,1-2,8-15,24,26H2,3-5H3. The van der Waals surface area contributed by atoms with Crippen molar-refractivity contribution >= 4 is 5.78 Å². The Hall–Kier alpha value is -5.11. The lowest BCUT2D eigenvalue weighted by atomic mass is 9.73. The van der Waals surface area contributed by atoms with Gasteiger partial charge in [0.1, 0.15) is 11.5 Å². The number of unbranched alkanes of at least 4 members (excludes halogenated alkanes) is 4. The summed E-state index contributed by atoms with van der Waals surface area (Å²) >= 11 is 0. The van der Waals surface area contributed by atoms with Gasteiger partial charge in [-0.15, -0.1) is 33.6 Å². The molecule has 0 fully saturated rings. The lowest BCUT2D eigenvalue weighted by Crippen LogP contribution is -2.23. The first kappa shape index (κ1) is 34.7. The van der Waals surface area contributed by atoms with E-state index in [0.29, 0.717) is 31.2 Å². The number of aromatic nitrogens is 4. The molecular formula is C42H46N4O4. The Bertz CT molecular complexity index is 1940. The number of fused-ring (bicyclic) bond motifs is 3. The van der Waals surface area contributed by atoms with Gasteiger partial charge >= 0.3 is 11.8 Å². The molecule has 3 aromatic carbocycles. The largest absolute Gasteiger partial charge is 0.494 e. The summed E-state index contributed by atoms with van der Waals surface area (Å²) in [5, 5.41) is 17.0. The average molecular weight is 671 g/mol. The normalized spacial score (nSPS) is 12.9. The first-order chi connectivity index (χ1) is 24.4. The van der Waals surface area contributed by atoms with Crippen LogP contribution >= 0.6 is 0 Å². The number of ketones is 1. The Morgan fingerprint density at radius 2 is 1.30 bits per heavy atom. The van der Waals surface area contributed by atoms with Gasteiger partial charge in [-0.1, -0.05) is 75.1 Å². The highest BCUT2D eigenvalue weighted by Crippen LogP contribution is 2.53. The fourth-order valence-corrected chi connectivity index (χ4v) is 7.07. The van der Waals surface area contributed by atoms with Crippen molar-refractivity contribution < 1.29 is 18.4 Å². The predicted octanol–water partition coefficient (Wildman–Crippen LogP) is 10.5. The van der Waals surface area contributed by atoms with Crippen molar-refractivity contribution in [2.75, 3.05) is 6.61 Å². The molecule has 50 heavy (non-hydrogen) atoms. The Balaban J connectivity index is 1.01. The molecule has 0 spiro atoms. The number of benzene rings is 3. The second kappa shape index (κ2) is 15.6. The Morgan fingerprint density at radius 3 is 1.96 bits per heavy atom. The van der Waals surface area contributed by atoms with Gasteiger partial charge < -0.3 is 13.6 Å². The number of allylic oxidation sites excluding steroid dienone is 2. The van der Waals surface area contributed by atoms with Crippen LogP contribution in [-0.4, -0.2) is 32.8 Å². The molecule has 0 amide bonds. The number of carbonyl (C=O) groups excluding carboxylic acids is 1. The molecule has 8 nitrogen and oxygen atoms in total. The van der Waals surface area contributed by atoms with Crippen LogP contribution in [0.15, 0.2) is 94.8 Å². The summed E-state index contributed by atoms with van der Waals surface area (Å²) in [7, 11) is 0. The third kappa shape index (κ3) is 7.25. The quantitative estimate of drug-likeness (QED) is 0.0670. The monoisotopic (exact) mass is 670 g/mol. The van der Waals surface area contributed by atoms with E-state index in [1.54, 1.807) is 12.2 Å². The topological polar surface area (TPSA) is 104 Å². The highest BCUT2D eigenvalue weighted by Gasteiger charge is 2.40. The molecule has 1 aliphatic carbocycles. The molecule has 8 heteroatoms. The molecule has 1 aliphatic rings. The van der Waals surface area contributed by atoms with Gasteiger partial charge in [-0.25, -0.2) is 0 Å². The highest BCUT2D eigenvalue weighted by molar-refractivity contribution is 5.83. The maximum atomic E-state index is 12.1. The van der Waals surface area contributed by atoms with Crippen molar-refractivity contribution in [3.63, 3.8) is 0 Å². The van der Waals surface area contributed by atoms with E-state index < -0.39 is 0 Å². The second-order valence-corrected chi connectivity index (χ2v) is 13.2. The highest BCUT2D eigenvalue weighted by atomic mass is 16.5. The van der Waals surface area contributed by atoms with E-state index in [0.717, 1.165) is 61.8 Å². The molecular weight excluding hydrogens is 624 g/mol.